The molecule has 2 aromatic carbocycles. The molecule has 1 aliphatic heterocycles. The van der Waals surface area contributed by atoms with Gasteiger partial charge in [-0.25, -0.2) is 0 Å². The highest BCUT2D eigenvalue weighted by atomic mass is 16.5. The number of aromatic nitrogens is 2. The summed E-state index contributed by atoms with van der Waals surface area (Å²) in [6.07, 6.45) is 3.88. The Balaban J connectivity index is 1.80. The first kappa shape index (κ1) is 22.7. The Bertz CT molecular complexity index is 1120. The van der Waals surface area contributed by atoms with Gasteiger partial charge in [0, 0.05) is 17.7 Å². The fourth-order valence-corrected chi connectivity index (χ4v) is 4.28. The summed E-state index contributed by atoms with van der Waals surface area (Å²) >= 11 is 0. The Morgan fingerprint density at radius 1 is 1.09 bits per heavy atom. The van der Waals surface area contributed by atoms with Crippen LogP contribution in [0.4, 0.5) is 0 Å². The van der Waals surface area contributed by atoms with Gasteiger partial charge in [0.25, 0.3) is 5.91 Å². The van der Waals surface area contributed by atoms with Crippen molar-refractivity contribution < 1.29 is 19.4 Å². The molecule has 3 aromatic rings. The average molecular weight is 450 g/mol. The molecule has 0 aliphatic carbocycles. The zero-order valence-electron chi connectivity index (χ0n) is 19.4. The molecule has 174 valence electrons. The summed E-state index contributed by atoms with van der Waals surface area (Å²) in [6, 6.07) is 12.5. The van der Waals surface area contributed by atoms with Crippen molar-refractivity contribution in [1.29, 1.82) is 0 Å². The van der Waals surface area contributed by atoms with Gasteiger partial charge in [0.1, 0.15) is 17.1 Å². The van der Waals surface area contributed by atoms with Gasteiger partial charge in [-0.1, -0.05) is 44.9 Å². The first-order chi connectivity index (χ1) is 16.1. The number of amides is 1. The Morgan fingerprint density at radius 3 is 2.61 bits per heavy atom. The largest absolute Gasteiger partial charge is 0.507 e. The number of hydrogen-bond donors (Lipinski definition) is 2. The number of nitrogens with one attached hydrogen (secondary N) is 1. The minimum atomic E-state index is -0.342. The summed E-state index contributed by atoms with van der Waals surface area (Å²) in [6.45, 7) is 5.48. The SMILES string of the molecule is CCCCOc1ccc([C@@H]2c3c(-c4ccccc4O)n[nH]c3C(=O)N2CCCC)cc1OC. The first-order valence-electron chi connectivity index (χ1n) is 11.6. The highest BCUT2D eigenvalue weighted by molar-refractivity contribution is 6.00. The van der Waals surface area contributed by atoms with Gasteiger partial charge in [-0.2, -0.15) is 5.10 Å². The van der Waals surface area contributed by atoms with E-state index < -0.39 is 0 Å². The van der Waals surface area contributed by atoms with Crippen LogP contribution in [-0.4, -0.2) is 46.4 Å². The fraction of sp³-hybridized carbons (Fsp3) is 0.385. The fourth-order valence-electron chi connectivity index (χ4n) is 4.28. The lowest BCUT2D eigenvalue weighted by Gasteiger charge is -2.27. The van der Waals surface area contributed by atoms with Gasteiger partial charge < -0.3 is 19.5 Å². The molecule has 1 atom stereocenters. The molecule has 0 saturated carbocycles. The van der Waals surface area contributed by atoms with Crippen molar-refractivity contribution in [2.24, 2.45) is 0 Å². The Morgan fingerprint density at radius 2 is 1.88 bits per heavy atom. The van der Waals surface area contributed by atoms with E-state index in [-0.39, 0.29) is 17.7 Å². The number of H-pyrrole nitrogens is 1. The van der Waals surface area contributed by atoms with Gasteiger partial charge in [-0.3, -0.25) is 9.89 Å². The van der Waals surface area contributed by atoms with Crippen molar-refractivity contribution in [3.63, 3.8) is 0 Å². The van der Waals surface area contributed by atoms with Gasteiger partial charge in [0.2, 0.25) is 0 Å². The van der Waals surface area contributed by atoms with Gasteiger partial charge in [-0.15, -0.1) is 0 Å². The molecule has 0 bridgehead atoms. The van der Waals surface area contributed by atoms with Crippen LogP contribution in [0.2, 0.25) is 0 Å². The Kier molecular flexibility index (Phi) is 6.87. The maximum Gasteiger partial charge on any atom is 0.273 e. The third-order valence-electron chi connectivity index (χ3n) is 6.03. The number of aromatic amines is 1. The standard InChI is InChI=1S/C26H31N3O4/c1-4-6-14-29-25(17-12-13-20(21(16-17)32-3)33-15-7-5-2)22-23(27-28-24(22)26(29)31)18-10-8-9-11-19(18)30/h8-13,16,25,30H,4-7,14-15H2,1-3H3,(H,27,28)/t25-/m1/s1. The molecule has 0 fully saturated rings. The predicted octanol–water partition coefficient (Wildman–Crippen LogP) is 5.32. The molecule has 2 N–H and O–H groups in total. The average Bonchev–Trinajstić information content (AvgIpc) is 3.37. The number of methoxy groups -OCH3 is 1. The lowest BCUT2D eigenvalue weighted by Crippen LogP contribution is -2.30. The predicted molar refractivity (Wildman–Crippen MR) is 127 cm³/mol. The number of unbranched alkanes of at least 4 members (excludes halogenated alkanes) is 2. The summed E-state index contributed by atoms with van der Waals surface area (Å²) in [5.41, 5.74) is 3.34. The molecule has 0 spiro atoms. The molecule has 33 heavy (non-hydrogen) atoms. The van der Waals surface area contributed by atoms with E-state index >= 15 is 0 Å². The third-order valence-corrected chi connectivity index (χ3v) is 6.03. The van der Waals surface area contributed by atoms with Crippen molar-refractivity contribution in [3.8, 4) is 28.5 Å². The lowest BCUT2D eigenvalue weighted by molar-refractivity contribution is 0.0741. The Hall–Kier alpha value is -3.48. The lowest BCUT2D eigenvalue weighted by atomic mass is 9.95. The van der Waals surface area contributed by atoms with Crippen molar-refractivity contribution in [2.45, 2.75) is 45.6 Å². The van der Waals surface area contributed by atoms with Crippen LogP contribution in [0.15, 0.2) is 42.5 Å². The number of para-hydroxylation sites is 1. The number of phenolic OH excluding ortho intramolecular Hbond substituents is 1. The van der Waals surface area contributed by atoms with Gasteiger partial charge in [0.05, 0.1) is 19.8 Å². The summed E-state index contributed by atoms with van der Waals surface area (Å²) < 4.78 is 11.5. The zero-order chi connectivity index (χ0) is 23.4. The molecule has 1 amide bonds. The number of fused-ring (bicyclic) bond motifs is 1. The maximum absolute atomic E-state index is 13.3. The molecule has 0 unspecified atom stereocenters. The van der Waals surface area contributed by atoms with E-state index in [1.165, 1.54) is 0 Å². The second-order valence-corrected chi connectivity index (χ2v) is 8.24. The van der Waals surface area contributed by atoms with Crippen molar-refractivity contribution in [2.75, 3.05) is 20.3 Å². The summed E-state index contributed by atoms with van der Waals surface area (Å²) in [5, 5.41) is 17.8. The monoisotopic (exact) mass is 449 g/mol. The van der Waals surface area contributed by atoms with Crippen LogP contribution in [0.1, 0.15) is 67.2 Å². The number of hydrogen-bond acceptors (Lipinski definition) is 5. The van der Waals surface area contributed by atoms with E-state index in [0.717, 1.165) is 36.8 Å². The number of nitrogens with zero attached hydrogens (tertiary/aromatic N) is 2. The number of aromatic hydroxyl groups is 1. The normalized spacial score (nSPS) is 15.1. The van der Waals surface area contributed by atoms with E-state index in [1.807, 2.05) is 35.2 Å². The number of carbonyl (C=O) groups excluding carboxylic acids is 1. The molecule has 0 radical (unpaired) electrons. The van der Waals surface area contributed by atoms with E-state index in [9.17, 15) is 9.90 Å². The van der Waals surface area contributed by atoms with Gasteiger partial charge >= 0.3 is 0 Å². The molecular weight excluding hydrogens is 418 g/mol. The minimum Gasteiger partial charge on any atom is -0.507 e. The van der Waals surface area contributed by atoms with Crippen molar-refractivity contribution in [3.05, 3.63) is 59.3 Å². The van der Waals surface area contributed by atoms with Gasteiger partial charge in [0.15, 0.2) is 11.5 Å². The van der Waals surface area contributed by atoms with Crippen LogP contribution in [0, 0.1) is 0 Å². The Labute approximate surface area is 194 Å². The van der Waals surface area contributed by atoms with E-state index in [1.54, 1.807) is 19.2 Å². The molecular formula is C26H31N3O4. The van der Waals surface area contributed by atoms with E-state index in [0.29, 0.717) is 41.6 Å². The summed E-state index contributed by atoms with van der Waals surface area (Å²) in [5.74, 6) is 1.36. The number of benzene rings is 2. The van der Waals surface area contributed by atoms with Gasteiger partial charge in [-0.05, 0) is 42.7 Å². The van der Waals surface area contributed by atoms with Crippen LogP contribution in [0.25, 0.3) is 11.3 Å². The van der Waals surface area contributed by atoms with Crippen LogP contribution in [0.3, 0.4) is 0 Å². The second kappa shape index (κ2) is 9.98. The topological polar surface area (TPSA) is 87.7 Å². The highest BCUT2D eigenvalue weighted by Gasteiger charge is 2.42. The first-order valence-corrected chi connectivity index (χ1v) is 11.6. The van der Waals surface area contributed by atoms with Crippen LogP contribution in [-0.2, 0) is 0 Å². The maximum atomic E-state index is 13.3. The molecule has 7 heteroatoms. The number of ether oxygens (including phenoxy) is 2. The van der Waals surface area contributed by atoms with Crippen LogP contribution in [0.5, 0.6) is 17.2 Å². The van der Waals surface area contributed by atoms with Crippen molar-refractivity contribution in [1.82, 2.24) is 15.1 Å². The van der Waals surface area contributed by atoms with E-state index in [4.69, 9.17) is 9.47 Å². The number of rotatable bonds is 10. The molecule has 7 nitrogen and oxygen atoms in total. The molecule has 0 saturated heterocycles. The quantitative estimate of drug-likeness (QED) is 0.409. The minimum absolute atomic E-state index is 0.0835. The highest BCUT2D eigenvalue weighted by Crippen LogP contribution is 2.45. The van der Waals surface area contributed by atoms with Crippen LogP contribution < -0.4 is 9.47 Å². The second-order valence-electron chi connectivity index (χ2n) is 8.24. The van der Waals surface area contributed by atoms with Crippen LogP contribution >= 0.6 is 0 Å². The smallest absolute Gasteiger partial charge is 0.273 e. The number of carbonyl (C=O) groups is 1. The zero-order valence-corrected chi connectivity index (χ0v) is 19.4. The molecule has 1 aromatic heterocycles. The third kappa shape index (κ3) is 4.27. The molecule has 4 rings (SSSR count). The summed E-state index contributed by atoms with van der Waals surface area (Å²) in [4.78, 5) is 15.2. The number of phenols is 1. The summed E-state index contributed by atoms with van der Waals surface area (Å²) in [7, 11) is 1.62. The molecule has 2 heterocycles. The van der Waals surface area contributed by atoms with Crippen molar-refractivity contribution >= 4 is 5.91 Å². The van der Waals surface area contributed by atoms with E-state index in [2.05, 4.69) is 24.0 Å². The molecule has 1 aliphatic rings.